The van der Waals surface area contributed by atoms with Gasteiger partial charge in [0.1, 0.15) is 0 Å². The molecule has 2 atom stereocenters. The molecule has 0 spiro atoms. The van der Waals surface area contributed by atoms with E-state index in [4.69, 9.17) is 0 Å². The molecule has 0 radical (unpaired) electrons. The number of hydrogen-bond donors (Lipinski definition) is 1. The highest BCUT2D eigenvalue weighted by atomic mass is 15.2. The van der Waals surface area contributed by atoms with E-state index in [0.29, 0.717) is 12.1 Å². The van der Waals surface area contributed by atoms with Crippen LogP contribution < -0.4 is 5.32 Å². The lowest BCUT2D eigenvalue weighted by molar-refractivity contribution is 0.181. The van der Waals surface area contributed by atoms with Crippen molar-refractivity contribution in [3.8, 4) is 0 Å². The molecule has 1 aliphatic heterocycles. The molecule has 0 aliphatic carbocycles. The zero-order chi connectivity index (χ0) is 7.56. The van der Waals surface area contributed by atoms with Crippen molar-refractivity contribution >= 4 is 0 Å². The SMILES string of the molecule is CCN1C[C@@H](C)N[C@@H](C)C1.[HH]. The van der Waals surface area contributed by atoms with E-state index in [-0.39, 0.29) is 1.43 Å². The standard InChI is InChI=1S/C8H18N2.H2/c1-4-10-5-7(2)9-8(3)6-10;/h7-9H,4-6H2,1-3H3;1H/t7-,8+;. The Balaban J connectivity index is 0.000001000. The highest BCUT2D eigenvalue weighted by molar-refractivity contribution is 4.79. The van der Waals surface area contributed by atoms with Crippen molar-refractivity contribution in [1.82, 2.24) is 10.2 Å². The Morgan fingerprint density at radius 1 is 1.40 bits per heavy atom. The average Bonchev–Trinajstić information content (AvgIpc) is 1.85. The number of nitrogens with zero attached hydrogens (tertiary/aromatic N) is 1. The van der Waals surface area contributed by atoms with Crippen LogP contribution in [-0.2, 0) is 0 Å². The lowest BCUT2D eigenvalue weighted by Gasteiger charge is -2.35. The van der Waals surface area contributed by atoms with Gasteiger partial charge in [0.15, 0.2) is 0 Å². The minimum Gasteiger partial charge on any atom is -0.309 e. The van der Waals surface area contributed by atoms with Crippen LogP contribution in [0, 0.1) is 0 Å². The van der Waals surface area contributed by atoms with Gasteiger partial charge in [-0.1, -0.05) is 6.92 Å². The summed E-state index contributed by atoms with van der Waals surface area (Å²) < 4.78 is 0. The van der Waals surface area contributed by atoms with Crippen LogP contribution in [0.3, 0.4) is 0 Å². The second-order valence-electron chi connectivity index (χ2n) is 3.32. The van der Waals surface area contributed by atoms with E-state index in [0.717, 1.165) is 0 Å². The lowest BCUT2D eigenvalue weighted by atomic mass is 10.1. The van der Waals surface area contributed by atoms with Gasteiger partial charge < -0.3 is 10.2 Å². The summed E-state index contributed by atoms with van der Waals surface area (Å²) in [5.74, 6) is 0. The van der Waals surface area contributed by atoms with Gasteiger partial charge in [-0.05, 0) is 20.4 Å². The Labute approximate surface area is 65.1 Å². The maximum atomic E-state index is 3.50. The molecule has 1 fully saturated rings. The molecule has 0 aromatic rings. The van der Waals surface area contributed by atoms with E-state index in [2.05, 4.69) is 31.0 Å². The molecule has 0 saturated carbocycles. The van der Waals surface area contributed by atoms with Crippen molar-refractivity contribution < 1.29 is 1.43 Å². The number of piperazine rings is 1. The number of hydrogen-bond acceptors (Lipinski definition) is 2. The van der Waals surface area contributed by atoms with E-state index >= 15 is 0 Å². The molecule has 10 heavy (non-hydrogen) atoms. The number of nitrogens with one attached hydrogen (secondary N) is 1. The van der Waals surface area contributed by atoms with Gasteiger partial charge in [0.2, 0.25) is 0 Å². The van der Waals surface area contributed by atoms with Crippen molar-refractivity contribution in [2.45, 2.75) is 32.9 Å². The Hall–Kier alpha value is -0.0800. The van der Waals surface area contributed by atoms with Gasteiger partial charge in [-0.25, -0.2) is 0 Å². The summed E-state index contributed by atoms with van der Waals surface area (Å²) in [5, 5.41) is 3.50. The molecule has 0 amide bonds. The van der Waals surface area contributed by atoms with Gasteiger partial charge in [-0.2, -0.15) is 0 Å². The summed E-state index contributed by atoms with van der Waals surface area (Å²) in [6.07, 6.45) is 0. The van der Waals surface area contributed by atoms with Crippen molar-refractivity contribution in [1.29, 1.82) is 0 Å². The monoisotopic (exact) mass is 144 g/mol. The molecule has 0 unspecified atom stereocenters. The van der Waals surface area contributed by atoms with Crippen LogP contribution in [0.4, 0.5) is 0 Å². The first kappa shape index (κ1) is 8.02. The smallest absolute Gasteiger partial charge is 0.0169 e. The molecule has 1 rings (SSSR count). The fourth-order valence-corrected chi connectivity index (χ4v) is 1.70. The van der Waals surface area contributed by atoms with Crippen LogP contribution in [0.25, 0.3) is 0 Å². The summed E-state index contributed by atoms with van der Waals surface area (Å²) in [6.45, 7) is 10.3. The largest absolute Gasteiger partial charge is 0.309 e. The second kappa shape index (κ2) is 3.35. The van der Waals surface area contributed by atoms with Crippen LogP contribution >= 0.6 is 0 Å². The predicted octanol–water partition coefficient (Wildman–Crippen LogP) is 0.935. The zero-order valence-corrected chi connectivity index (χ0v) is 7.22. The van der Waals surface area contributed by atoms with E-state index < -0.39 is 0 Å². The maximum Gasteiger partial charge on any atom is 0.0169 e. The molecular formula is C8H20N2. The Kier molecular flexibility index (Phi) is 2.69. The number of likely N-dealkylation sites (N-methyl/N-ethyl adjacent to an activating group) is 1. The third-order valence-electron chi connectivity index (χ3n) is 2.08. The summed E-state index contributed by atoms with van der Waals surface area (Å²) >= 11 is 0. The molecule has 1 aliphatic rings. The van der Waals surface area contributed by atoms with Crippen LogP contribution in [0.2, 0.25) is 0 Å². The first-order valence-electron chi connectivity index (χ1n) is 4.20. The minimum atomic E-state index is 0. The highest BCUT2D eigenvalue weighted by Crippen LogP contribution is 2.02. The van der Waals surface area contributed by atoms with Gasteiger partial charge in [-0.15, -0.1) is 0 Å². The van der Waals surface area contributed by atoms with Gasteiger partial charge in [0, 0.05) is 26.6 Å². The van der Waals surface area contributed by atoms with Gasteiger partial charge >= 0.3 is 0 Å². The minimum absolute atomic E-state index is 0. The summed E-state index contributed by atoms with van der Waals surface area (Å²) in [7, 11) is 0. The predicted molar refractivity (Wildman–Crippen MR) is 46.3 cm³/mol. The summed E-state index contributed by atoms with van der Waals surface area (Å²) in [4.78, 5) is 2.49. The first-order chi connectivity index (χ1) is 4.72. The molecule has 0 aromatic heterocycles. The normalized spacial score (nSPS) is 36.3. The van der Waals surface area contributed by atoms with E-state index in [1.165, 1.54) is 19.6 Å². The topological polar surface area (TPSA) is 15.3 Å². The molecule has 2 nitrogen and oxygen atoms in total. The fourth-order valence-electron chi connectivity index (χ4n) is 1.70. The Morgan fingerprint density at radius 2 is 1.90 bits per heavy atom. The average molecular weight is 144 g/mol. The molecule has 1 N–H and O–H groups in total. The number of rotatable bonds is 1. The van der Waals surface area contributed by atoms with Crippen molar-refractivity contribution in [3.05, 3.63) is 0 Å². The zero-order valence-electron chi connectivity index (χ0n) is 7.22. The van der Waals surface area contributed by atoms with Crippen molar-refractivity contribution in [2.24, 2.45) is 0 Å². The Bertz CT molecular complexity index is 98.3. The van der Waals surface area contributed by atoms with E-state index in [9.17, 15) is 0 Å². The third-order valence-corrected chi connectivity index (χ3v) is 2.08. The lowest BCUT2D eigenvalue weighted by Crippen LogP contribution is -2.53. The summed E-state index contributed by atoms with van der Waals surface area (Å²) in [5.41, 5.74) is 0. The van der Waals surface area contributed by atoms with E-state index in [1.807, 2.05) is 0 Å². The molecule has 1 saturated heterocycles. The van der Waals surface area contributed by atoms with Crippen molar-refractivity contribution in [2.75, 3.05) is 19.6 Å². The molecule has 0 bridgehead atoms. The molecule has 0 aromatic carbocycles. The molecular weight excluding hydrogens is 124 g/mol. The van der Waals surface area contributed by atoms with Gasteiger partial charge in [0.25, 0.3) is 0 Å². The molecule has 62 valence electrons. The maximum absolute atomic E-state index is 3.50. The van der Waals surface area contributed by atoms with Crippen LogP contribution in [0.15, 0.2) is 0 Å². The molecule has 2 heteroatoms. The van der Waals surface area contributed by atoms with Crippen LogP contribution in [0.5, 0.6) is 0 Å². The van der Waals surface area contributed by atoms with Gasteiger partial charge in [0.05, 0.1) is 0 Å². The summed E-state index contributed by atoms with van der Waals surface area (Å²) in [6, 6.07) is 1.34. The van der Waals surface area contributed by atoms with Crippen LogP contribution in [0.1, 0.15) is 22.2 Å². The Morgan fingerprint density at radius 3 is 2.30 bits per heavy atom. The van der Waals surface area contributed by atoms with Crippen molar-refractivity contribution in [3.63, 3.8) is 0 Å². The molecule has 1 heterocycles. The van der Waals surface area contributed by atoms with Gasteiger partial charge in [-0.3, -0.25) is 0 Å². The quantitative estimate of drug-likeness (QED) is 0.589. The first-order valence-corrected chi connectivity index (χ1v) is 4.20. The van der Waals surface area contributed by atoms with E-state index in [1.54, 1.807) is 0 Å². The van der Waals surface area contributed by atoms with Crippen LogP contribution in [-0.4, -0.2) is 36.6 Å². The second-order valence-corrected chi connectivity index (χ2v) is 3.32. The fraction of sp³-hybridized carbons (Fsp3) is 1.00. The third kappa shape index (κ3) is 1.96. The highest BCUT2D eigenvalue weighted by Gasteiger charge is 2.18.